The number of aromatic nitrogens is 2. The summed E-state index contributed by atoms with van der Waals surface area (Å²) in [5, 5.41) is 5.95. The molecule has 1 amide bonds. The second-order valence-corrected chi connectivity index (χ2v) is 6.30. The number of rotatable bonds is 5. The molecule has 0 radical (unpaired) electrons. The van der Waals surface area contributed by atoms with Crippen LogP contribution in [0.15, 0.2) is 54.9 Å². The molecular formula is C21H20N4O2. The first-order valence-electron chi connectivity index (χ1n) is 8.51. The van der Waals surface area contributed by atoms with Crippen LogP contribution in [0.3, 0.4) is 0 Å². The van der Waals surface area contributed by atoms with Gasteiger partial charge in [0.05, 0.1) is 0 Å². The Labute approximate surface area is 157 Å². The minimum Gasteiger partial charge on any atom is -0.340 e. The van der Waals surface area contributed by atoms with E-state index < -0.39 is 0 Å². The van der Waals surface area contributed by atoms with Crippen molar-refractivity contribution in [2.24, 2.45) is 0 Å². The van der Waals surface area contributed by atoms with E-state index >= 15 is 0 Å². The molecule has 27 heavy (non-hydrogen) atoms. The number of amides is 1. The SMILES string of the molecule is CC(=O)c1ccc(Nc2cc(C(=O)Nc3ccc(C)c(C)c3)ncn2)cc1. The number of hydrogen-bond donors (Lipinski definition) is 2. The summed E-state index contributed by atoms with van der Waals surface area (Å²) in [7, 11) is 0. The number of Topliss-reactive ketones (excluding diaryl/α,β-unsaturated/α-hetero) is 1. The van der Waals surface area contributed by atoms with E-state index in [1.54, 1.807) is 30.3 Å². The van der Waals surface area contributed by atoms with Crippen molar-refractivity contribution in [3.63, 3.8) is 0 Å². The molecule has 136 valence electrons. The van der Waals surface area contributed by atoms with Crippen molar-refractivity contribution in [2.45, 2.75) is 20.8 Å². The van der Waals surface area contributed by atoms with Gasteiger partial charge in [-0.05, 0) is 68.3 Å². The third-order valence-electron chi connectivity index (χ3n) is 4.23. The van der Waals surface area contributed by atoms with Gasteiger partial charge in [-0.25, -0.2) is 9.97 Å². The van der Waals surface area contributed by atoms with Crippen molar-refractivity contribution >= 4 is 28.9 Å². The molecule has 0 saturated heterocycles. The lowest BCUT2D eigenvalue weighted by Gasteiger charge is -2.09. The maximum Gasteiger partial charge on any atom is 0.274 e. The van der Waals surface area contributed by atoms with Gasteiger partial charge >= 0.3 is 0 Å². The van der Waals surface area contributed by atoms with Gasteiger partial charge in [-0.1, -0.05) is 6.07 Å². The molecule has 0 atom stereocenters. The number of aryl methyl sites for hydroxylation is 2. The Kier molecular flexibility index (Phi) is 5.26. The second-order valence-electron chi connectivity index (χ2n) is 6.30. The summed E-state index contributed by atoms with van der Waals surface area (Å²) in [5.74, 6) is 0.190. The largest absolute Gasteiger partial charge is 0.340 e. The van der Waals surface area contributed by atoms with Gasteiger partial charge in [0.1, 0.15) is 17.8 Å². The zero-order chi connectivity index (χ0) is 19.4. The number of benzene rings is 2. The molecule has 0 aliphatic heterocycles. The first-order valence-corrected chi connectivity index (χ1v) is 8.51. The average Bonchev–Trinajstić information content (AvgIpc) is 2.65. The van der Waals surface area contributed by atoms with Crippen molar-refractivity contribution in [1.82, 2.24) is 9.97 Å². The Hall–Kier alpha value is -3.54. The minimum absolute atomic E-state index is 0.00823. The predicted molar refractivity (Wildman–Crippen MR) is 106 cm³/mol. The molecule has 2 N–H and O–H groups in total. The highest BCUT2D eigenvalue weighted by molar-refractivity contribution is 6.03. The van der Waals surface area contributed by atoms with Crippen LogP contribution in [0.5, 0.6) is 0 Å². The lowest BCUT2D eigenvalue weighted by molar-refractivity contribution is 0.101. The Balaban J connectivity index is 1.73. The monoisotopic (exact) mass is 360 g/mol. The lowest BCUT2D eigenvalue weighted by atomic mass is 10.1. The van der Waals surface area contributed by atoms with Gasteiger partial charge in [0.2, 0.25) is 0 Å². The minimum atomic E-state index is -0.310. The van der Waals surface area contributed by atoms with Gasteiger partial charge in [-0.15, -0.1) is 0 Å². The van der Waals surface area contributed by atoms with Crippen LogP contribution in [0, 0.1) is 13.8 Å². The van der Waals surface area contributed by atoms with E-state index in [1.165, 1.54) is 13.3 Å². The van der Waals surface area contributed by atoms with Crippen molar-refractivity contribution in [2.75, 3.05) is 10.6 Å². The third kappa shape index (κ3) is 4.55. The molecule has 6 heteroatoms. The van der Waals surface area contributed by atoms with Crippen LogP contribution >= 0.6 is 0 Å². The van der Waals surface area contributed by atoms with Crippen LogP contribution < -0.4 is 10.6 Å². The van der Waals surface area contributed by atoms with Crippen LogP contribution in [0.1, 0.15) is 38.9 Å². The molecule has 0 aliphatic rings. The summed E-state index contributed by atoms with van der Waals surface area (Å²) >= 11 is 0. The lowest BCUT2D eigenvalue weighted by Crippen LogP contribution is -2.14. The van der Waals surface area contributed by atoms with Gasteiger partial charge in [0, 0.05) is 23.0 Å². The number of nitrogens with one attached hydrogen (secondary N) is 2. The van der Waals surface area contributed by atoms with Crippen LogP contribution in [0.4, 0.5) is 17.2 Å². The molecule has 0 bridgehead atoms. The molecule has 0 fully saturated rings. The third-order valence-corrected chi connectivity index (χ3v) is 4.23. The Morgan fingerprint density at radius 2 is 1.56 bits per heavy atom. The van der Waals surface area contributed by atoms with E-state index in [9.17, 15) is 9.59 Å². The van der Waals surface area contributed by atoms with Gasteiger partial charge in [0.15, 0.2) is 5.78 Å². The quantitative estimate of drug-likeness (QED) is 0.663. The zero-order valence-electron chi connectivity index (χ0n) is 15.4. The molecule has 1 aromatic heterocycles. The fourth-order valence-electron chi connectivity index (χ4n) is 2.50. The fourth-order valence-corrected chi connectivity index (χ4v) is 2.50. The van der Waals surface area contributed by atoms with Crippen LogP contribution in [-0.2, 0) is 0 Å². The molecule has 0 saturated carbocycles. The smallest absolute Gasteiger partial charge is 0.274 e. The summed E-state index contributed by atoms with van der Waals surface area (Å²) in [6.07, 6.45) is 1.33. The number of nitrogens with zero attached hydrogens (tertiary/aromatic N) is 2. The highest BCUT2D eigenvalue weighted by atomic mass is 16.2. The summed E-state index contributed by atoms with van der Waals surface area (Å²) in [5.41, 5.74) is 4.64. The summed E-state index contributed by atoms with van der Waals surface area (Å²) in [6, 6.07) is 14.4. The van der Waals surface area contributed by atoms with Crippen LogP contribution in [0.25, 0.3) is 0 Å². The fraction of sp³-hybridized carbons (Fsp3) is 0.143. The van der Waals surface area contributed by atoms with Crippen molar-refractivity contribution < 1.29 is 9.59 Å². The van der Waals surface area contributed by atoms with Crippen molar-refractivity contribution in [1.29, 1.82) is 0 Å². The molecule has 1 heterocycles. The van der Waals surface area contributed by atoms with Gasteiger partial charge in [-0.2, -0.15) is 0 Å². The number of ketones is 1. The van der Waals surface area contributed by atoms with E-state index in [0.717, 1.165) is 22.5 Å². The Bertz CT molecular complexity index is 997. The van der Waals surface area contributed by atoms with E-state index in [1.807, 2.05) is 32.0 Å². The maximum absolute atomic E-state index is 12.5. The van der Waals surface area contributed by atoms with E-state index in [-0.39, 0.29) is 17.4 Å². The van der Waals surface area contributed by atoms with E-state index in [4.69, 9.17) is 0 Å². The summed E-state index contributed by atoms with van der Waals surface area (Å²) in [6.45, 7) is 5.54. The molecule has 0 aliphatic carbocycles. The topological polar surface area (TPSA) is 84.0 Å². The number of anilines is 3. The summed E-state index contributed by atoms with van der Waals surface area (Å²) < 4.78 is 0. The van der Waals surface area contributed by atoms with Crippen molar-refractivity contribution in [3.8, 4) is 0 Å². The Morgan fingerprint density at radius 1 is 0.852 bits per heavy atom. The molecule has 3 aromatic rings. The molecule has 2 aromatic carbocycles. The Morgan fingerprint density at radius 3 is 2.22 bits per heavy atom. The molecular weight excluding hydrogens is 340 g/mol. The standard InChI is InChI=1S/C21H20N4O2/c1-13-4-7-18(10-14(13)2)25-21(27)19-11-20(23-12-22-19)24-17-8-5-16(6-9-17)15(3)26/h4-12H,1-3H3,(H,25,27)(H,22,23,24). The zero-order valence-corrected chi connectivity index (χ0v) is 15.4. The first-order chi connectivity index (χ1) is 12.9. The summed E-state index contributed by atoms with van der Waals surface area (Å²) in [4.78, 5) is 32.0. The highest BCUT2D eigenvalue weighted by Gasteiger charge is 2.10. The van der Waals surface area contributed by atoms with E-state index in [2.05, 4.69) is 20.6 Å². The molecule has 6 nitrogen and oxygen atoms in total. The first kappa shape index (κ1) is 18.3. The van der Waals surface area contributed by atoms with E-state index in [0.29, 0.717) is 11.4 Å². The molecule has 3 rings (SSSR count). The highest BCUT2D eigenvalue weighted by Crippen LogP contribution is 2.18. The van der Waals surface area contributed by atoms with Crippen LogP contribution in [-0.4, -0.2) is 21.7 Å². The molecule has 0 spiro atoms. The maximum atomic E-state index is 12.5. The normalized spacial score (nSPS) is 10.3. The average molecular weight is 360 g/mol. The van der Waals surface area contributed by atoms with Crippen molar-refractivity contribution in [3.05, 3.63) is 77.2 Å². The predicted octanol–water partition coefficient (Wildman–Crippen LogP) is 4.29. The number of carbonyl (C=O) groups is 2. The molecule has 0 unspecified atom stereocenters. The van der Waals surface area contributed by atoms with Gasteiger partial charge < -0.3 is 10.6 Å². The van der Waals surface area contributed by atoms with Gasteiger partial charge in [-0.3, -0.25) is 9.59 Å². The second kappa shape index (κ2) is 7.78. The van der Waals surface area contributed by atoms with Gasteiger partial charge in [0.25, 0.3) is 5.91 Å². The van der Waals surface area contributed by atoms with Crippen LogP contribution in [0.2, 0.25) is 0 Å². The number of hydrogen-bond acceptors (Lipinski definition) is 5. The number of carbonyl (C=O) groups excluding carboxylic acids is 2.